The van der Waals surface area contributed by atoms with Crippen LogP contribution in [-0.2, 0) is 4.79 Å². The molecule has 3 heteroatoms. The maximum absolute atomic E-state index is 10.1. The Morgan fingerprint density at radius 1 is 1.05 bits per heavy atom. The second kappa shape index (κ2) is 9.56. The van der Waals surface area contributed by atoms with Crippen molar-refractivity contribution < 1.29 is 9.90 Å². The van der Waals surface area contributed by atoms with Gasteiger partial charge in [0.15, 0.2) is 0 Å². The monoisotopic (exact) mass is 265 g/mol. The molecule has 3 nitrogen and oxygen atoms in total. The molecule has 0 unspecified atom stereocenters. The Morgan fingerprint density at radius 3 is 1.58 bits per heavy atom. The lowest BCUT2D eigenvalue weighted by atomic mass is 10.1. The van der Waals surface area contributed by atoms with Crippen molar-refractivity contribution in [3.8, 4) is 0 Å². The van der Waals surface area contributed by atoms with Crippen molar-refractivity contribution in [1.29, 1.82) is 0 Å². The third-order valence-corrected chi connectivity index (χ3v) is 2.27. The zero-order chi connectivity index (χ0) is 14.8. The van der Waals surface area contributed by atoms with Crippen LogP contribution in [0.2, 0.25) is 0 Å². The van der Waals surface area contributed by atoms with Gasteiger partial charge in [-0.3, -0.25) is 4.79 Å². The normalized spacial score (nSPS) is 13.1. The predicted molar refractivity (Wildman–Crippen MR) is 80.3 cm³/mol. The molecule has 0 atom stereocenters. The van der Waals surface area contributed by atoms with Crippen LogP contribution in [0.3, 0.4) is 0 Å². The highest BCUT2D eigenvalue weighted by molar-refractivity contribution is 5.77. The maximum Gasteiger partial charge on any atom is 0.220 e. The van der Waals surface area contributed by atoms with Gasteiger partial charge in [0.1, 0.15) is 0 Å². The van der Waals surface area contributed by atoms with Crippen LogP contribution in [0.5, 0.6) is 0 Å². The first-order valence-corrected chi connectivity index (χ1v) is 6.81. The number of amides is 1. The smallest absolute Gasteiger partial charge is 0.220 e. The minimum absolute atomic E-state index is 0.167. The topological polar surface area (TPSA) is 49.3 Å². The Kier molecular flexibility index (Phi) is 8.88. The summed E-state index contributed by atoms with van der Waals surface area (Å²) in [5.41, 5.74) is 4.06. The summed E-state index contributed by atoms with van der Waals surface area (Å²) >= 11 is 0. The van der Waals surface area contributed by atoms with Crippen molar-refractivity contribution in [3.05, 3.63) is 34.9 Å². The third-order valence-electron chi connectivity index (χ3n) is 2.27. The fraction of sp³-hybridized carbons (Fsp3) is 0.562. The van der Waals surface area contributed by atoms with Gasteiger partial charge >= 0.3 is 0 Å². The fourth-order valence-corrected chi connectivity index (χ4v) is 1.77. The van der Waals surface area contributed by atoms with Crippen LogP contribution in [0.1, 0.15) is 43.4 Å². The van der Waals surface area contributed by atoms with E-state index in [2.05, 4.69) is 44.3 Å². The molecule has 0 bridgehead atoms. The molecule has 1 aromatic rings. The first-order chi connectivity index (χ1) is 8.81. The van der Waals surface area contributed by atoms with Crippen molar-refractivity contribution in [1.82, 2.24) is 5.32 Å². The van der Waals surface area contributed by atoms with Crippen molar-refractivity contribution in [2.24, 2.45) is 0 Å². The lowest BCUT2D eigenvalue weighted by Crippen LogP contribution is -2.12. The summed E-state index contributed by atoms with van der Waals surface area (Å²) in [5, 5.41) is 10.7. The van der Waals surface area contributed by atoms with E-state index in [0.717, 1.165) is 19.4 Å². The molecule has 0 saturated carbocycles. The predicted octanol–water partition coefficient (Wildman–Crippen LogP) is 2.90. The van der Waals surface area contributed by atoms with Gasteiger partial charge in [-0.2, -0.15) is 0 Å². The van der Waals surface area contributed by atoms with Crippen LogP contribution in [0.4, 0.5) is 0 Å². The van der Waals surface area contributed by atoms with E-state index >= 15 is 0 Å². The van der Waals surface area contributed by atoms with Crippen LogP contribution >= 0.6 is 0 Å². The van der Waals surface area contributed by atoms with Gasteiger partial charge in [0, 0.05) is 19.1 Å². The lowest BCUT2D eigenvalue weighted by molar-refractivity contribution is -0.119. The van der Waals surface area contributed by atoms with Crippen LogP contribution in [0, 0.1) is 20.8 Å². The molecule has 1 fully saturated rings. The van der Waals surface area contributed by atoms with E-state index in [1.165, 1.54) is 16.7 Å². The van der Waals surface area contributed by atoms with E-state index in [0.29, 0.717) is 0 Å². The van der Waals surface area contributed by atoms with E-state index in [-0.39, 0.29) is 12.0 Å². The van der Waals surface area contributed by atoms with E-state index in [1.807, 2.05) is 0 Å². The molecule has 1 aliphatic heterocycles. The standard InChI is InChI=1S/C9H12.C4H7NO.C3H8O/c1-7-4-8(2)6-9(3)5-7;6-4-2-1-3-5-4;1-3(2)4/h4-6H,1-3H3;1-3H2,(H,5,6);3-4H,1-2H3. The Balaban J connectivity index is 0.000000281. The molecule has 2 N–H and O–H groups in total. The molecular weight excluding hydrogens is 238 g/mol. The lowest BCUT2D eigenvalue weighted by Gasteiger charge is -1.96. The summed E-state index contributed by atoms with van der Waals surface area (Å²) in [6.45, 7) is 10.7. The van der Waals surface area contributed by atoms with Crippen molar-refractivity contribution in [2.75, 3.05) is 6.54 Å². The molecule has 1 aromatic carbocycles. The molecule has 0 aromatic heterocycles. The van der Waals surface area contributed by atoms with Gasteiger partial charge < -0.3 is 10.4 Å². The van der Waals surface area contributed by atoms with E-state index in [1.54, 1.807) is 13.8 Å². The number of rotatable bonds is 0. The molecule has 1 heterocycles. The molecule has 19 heavy (non-hydrogen) atoms. The number of nitrogens with one attached hydrogen (secondary N) is 1. The Labute approximate surface area is 117 Å². The van der Waals surface area contributed by atoms with Crippen LogP contribution in [0.25, 0.3) is 0 Å². The summed E-state index contributed by atoms with van der Waals surface area (Å²) in [5.74, 6) is 0.204. The maximum atomic E-state index is 10.1. The molecule has 0 radical (unpaired) electrons. The summed E-state index contributed by atoms with van der Waals surface area (Å²) in [6.07, 6.45) is 1.60. The quantitative estimate of drug-likeness (QED) is 0.758. The first kappa shape index (κ1) is 17.6. The van der Waals surface area contributed by atoms with E-state index in [9.17, 15) is 4.79 Å². The zero-order valence-electron chi connectivity index (χ0n) is 12.8. The molecule has 2 rings (SSSR count). The molecule has 1 saturated heterocycles. The molecule has 1 aliphatic rings. The number of carbonyl (C=O) groups is 1. The summed E-state index contributed by atoms with van der Waals surface area (Å²) in [7, 11) is 0. The second-order valence-electron chi connectivity index (χ2n) is 5.21. The van der Waals surface area contributed by atoms with Crippen LogP contribution < -0.4 is 5.32 Å². The molecular formula is C16H27NO2. The number of benzene rings is 1. The summed E-state index contributed by atoms with van der Waals surface area (Å²) < 4.78 is 0. The highest BCUT2D eigenvalue weighted by Crippen LogP contribution is 2.06. The van der Waals surface area contributed by atoms with Crippen LogP contribution in [0.15, 0.2) is 18.2 Å². The number of aryl methyl sites for hydroxylation is 3. The van der Waals surface area contributed by atoms with Gasteiger partial charge in [-0.1, -0.05) is 34.9 Å². The van der Waals surface area contributed by atoms with Gasteiger partial charge in [-0.15, -0.1) is 0 Å². The molecule has 108 valence electrons. The van der Waals surface area contributed by atoms with E-state index < -0.39 is 0 Å². The van der Waals surface area contributed by atoms with Gasteiger partial charge in [0.25, 0.3) is 0 Å². The number of aliphatic hydroxyl groups is 1. The Morgan fingerprint density at radius 2 is 1.42 bits per heavy atom. The Bertz CT molecular complexity index is 325. The first-order valence-electron chi connectivity index (χ1n) is 6.81. The van der Waals surface area contributed by atoms with Crippen molar-refractivity contribution in [3.63, 3.8) is 0 Å². The Hall–Kier alpha value is -1.35. The van der Waals surface area contributed by atoms with Gasteiger partial charge in [-0.05, 0) is 41.0 Å². The van der Waals surface area contributed by atoms with Crippen LogP contribution in [-0.4, -0.2) is 23.7 Å². The molecule has 0 aliphatic carbocycles. The highest BCUT2D eigenvalue weighted by Gasteiger charge is 2.05. The van der Waals surface area contributed by atoms with Gasteiger partial charge in [0.2, 0.25) is 5.91 Å². The second-order valence-corrected chi connectivity index (χ2v) is 5.21. The summed E-state index contributed by atoms with van der Waals surface area (Å²) in [6, 6.07) is 6.56. The fourth-order valence-electron chi connectivity index (χ4n) is 1.77. The van der Waals surface area contributed by atoms with Crippen molar-refractivity contribution in [2.45, 2.75) is 53.6 Å². The average Bonchev–Trinajstić information content (AvgIpc) is 2.66. The molecule has 0 spiro atoms. The summed E-state index contributed by atoms with van der Waals surface area (Å²) in [4.78, 5) is 10.1. The van der Waals surface area contributed by atoms with Gasteiger partial charge in [-0.25, -0.2) is 0 Å². The van der Waals surface area contributed by atoms with E-state index in [4.69, 9.17) is 5.11 Å². The van der Waals surface area contributed by atoms with Crippen molar-refractivity contribution >= 4 is 5.91 Å². The number of aliphatic hydroxyl groups excluding tert-OH is 1. The highest BCUT2D eigenvalue weighted by atomic mass is 16.3. The minimum atomic E-state index is -0.167. The molecule has 1 amide bonds. The number of carbonyl (C=O) groups excluding carboxylic acids is 1. The third kappa shape index (κ3) is 11.5. The zero-order valence-corrected chi connectivity index (χ0v) is 12.8. The minimum Gasteiger partial charge on any atom is -0.394 e. The number of hydrogen-bond donors (Lipinski definition) is 2. The largest absolute Gasteiger partial charge is 0.394 e. The van der Waals surface area contributed by atoms with Gasteiger partial charge in [0.05, 0.1) is 0 Å². The average molecular weight is 265 g/mol. The number of hydrogen-bond acceptors (Lipinski definition) is 2. The SMILES string of the molecule is CC(C)O.Cc1cc(C)cc(C)c1.O=C1CCCN1.